The van der Waals surface area contributed by atoms with Gasteiger partial charge < -0.3 is 0 Å². The molecule has 1 saturated heterocycles. The van der Waals surface area contributed by atoms with Gasteiger partial charge in [0, 0.05) is 0 Å². The smallest absolute Gasteiger partial charge is 0.169 e. The lowest BCUT2D eigenvalue weighted by Crippen LogP contribution is -2.39. The Kier molecular flexibility index (Phi) is 5.06. The van der Waals surface area contributed by atoms with E-state index >= 15 is 0 Å². The maximum absolute atomic E-state index is 4.39. The summed E-state index contributed by atoms with van der Waals surface area (Å²) in [5, 5.41) is 12.6. The van der Waals surface area contributed by atoms with Crippen molar-refractivity contribution in [2.75, 3.05) is 13.1 Å². The minimum atomic E-state index is 0.293. The summed E-state index contributed by atoms with van der Waals surface area (Å²) in [4.78, 5) is 2.57. The fraction of sp³-hybridized carbons (Fsp3) is 0.611. The largest absolute Gasteiger partial charge is 0.293 e. The van der Waals surface area contributed by atoms with Crippen LogP contribution in [0, 0.1) is 11.8 Å². The van der Waals surface area contributed by atoms with E-state index in [2.05, 4.69) is 65.5 Å². The molecule has 1 atom stereocenters. The molecule has 0 saturated carbocycles. The molecule has 2 heterocycles. The van der Waals surface area contributed by atoms with Gasteiger partial charge in [-0.15, -0.1) is 5.10 Å². The SMILES string of the molecule is CC1CCN([C@H](c2nnnn2Cc2ccccc2)C(C)C)CC1. The molecular formula is C18H27N5. The van der Waals surface area contributed by atoms with E-state index < -0.39 is 0 Å². The Hall–Kier alpha value is -1.75. The highest BCUT2D eigenvalue weighted by molar-refractivity contribution is 5.15. The third-order valence-corrected chi connectivity index (χ3v) is 4.84. The molecule has 3 rings (SSSR count). The Morgan fingerprint density at radius 1 is 1.13 bits per heavy atom. The number of aromatic nitrogens is 4. The standard InChI is InChI=1S/C18H27N5/c1-14(2)17(22-11-9-15(3)10-12-22)18-19-20-21-23(18)13-16-7-5-4-6-8-16/h4-8,14-15,17H,9-13H2,1-3H3/t17-/m0/s1. The number of piperidine rings is 1. The molecule has 0 amide bonds. The van der Waals surface area contributed by atoms with Crippen molar-refractivity contribution < 1.29 is 0 Å². The summed E-state index contributed by atoms with van der Waals surface area (Å²) >= 11 is 0. The Bertz CT molecular complexity index is 599. The van der Waals surface area contributed by atoms with Crippen LogP contribution in [0.25, 0.3) is 0 Å². The van der Waals surface area contributed by atoms with Gasteiger partial charge in [0.15, 0.2) is 5.82 Å². The van der Waals surface area contributed by atoms with Crippen LogP contribution in [0.2, 0.25) is 0 Å². The van der Waals surface area contributed by atoms with Gasteiger partial charge in [-0.2, -0.15) is 0 Å². The zero-order chi connectivity index (χ0) is 16.2. The second-order valence-corrected chi connectivity index (χ2v) is 7.09. The summed E-state index contributed by atoms with van der Waals surface area (Å²) in [6.07, 6.45) is 2.53. The van der Waals surface area contributed by atoms with Crippen LogP contribution < -0.4 is 0 Å². The lowest BCUT2D eigenvalue weighted by atomic mass is 9.94. The molecule has 0 bridgehead atoms. The van der Waals surface area contributed by atoms with Crippen molar-refractivity contribution in [2.24, 2.45) is 11.8 Å². The predicted octanol–water partition coefficient (Wildman–Crippen LogP) is 3.15. The summed E-state index contributed by atoms with van der Waals surface area (Å²) in [5.74, 6) is 2.32. The van der Waals surface area contributed by atoms with Crippen LogP contribution in [-0.2, 0) is 6.54 Å². The van der Waals surface area contributed by atoms with Crippen molar-refractivity contribution in [1.82, 2.24) is 25.1 Å². The molecule has 23 heavy (non-hydrogen) atoms. The zero-order valence-electron chi connectivity index (χ0n) is 14.4. The molecule has 1 fully saturated rings. The summed E-state index contributed by atoms with van der Waals surface area (Å²) in [6, 6.07) is 10.7. The van der Waals surface area contributed by atoms with E-state index in [0.29, 0.717) is 12.0 Å². The van der Waals surface area contributed by atoms with E-state index in [1.807, 2.05) is 10.7 Å². The van der Waals surface area contributed by atoms with Crippen LogP contribution in [0.3, 0.4) is 0 Å². The van der Waals surface area contributed by atoms with Crippen molar-refractivity contribution in [3.05, 3.63) is 41.7 Å². The van der Waals surface area contributed by atoms with E-state index in [0.717, 1.165) is 31.4 Å². The maximum Gasteiger partial charge on any atom is 0.169 e. The van der Waals surface area contributed by atoms with Crippen LogP contribution in [0.5, 0.6) is 0 Å². The van der Waals surface area contributed by atoms with Crippen molar-refractivity contribution in [3.63, 3.8) is 0 Å². The number of hydrogen-bond donors (Lipinski definition) is 0. The summed E-state index contributed by atoms with van der Waals surface area (Å²) in [7, 11) is 0. The number of tetrazole rings is 1. The molecule has 5 nitrogen and oxygen atoms in total. The zero-order valence-corrected chi connectivity index (χ0v) is 14.4. The van der Waals surface area contributed by atoms with Gasteiger partial charge in [0.1, 0.15) is 0 Å². The third kappa shape index (κ3) is 3.78. The van der Waals surface area contributed by atoms with E-state index in [1.165, 1.54) is 18.4 Å². The minimum Gasteiger partial charge on any atom is -0.293 e. The average Bonchev–Trinajstić information content (AvgIpc) is 2.98. The molecule has 1 aliphatic heterocycles. The number of rotatable bonds is 5. The summed E-state index contributed by atoms with van der Waals surface area (Å²) in [5.41, 5.74) is 1.23. The molecule has 2 aromatic rings. The molecule has 124 valence electrons. The summed E-state index contributed by atoms with van der Waals surface area (Å²) < 4.78 is 1.97. The molecule has 0 N–H and O–H groups in total. The van der Waals surface area contributed by atoms with Crippen LogP contribution in [0.1, 0.15) is 51.0 Å². The first-order chi connectivity index (χ1) is 11.1. The Labute approximate surface area is 138 Å². The topological polar surface area (TPSA) is 46.8 Å². The number of likely N-dealkylation sites (tertiary alicyclic amines) is 1. The highest BCUT2D eigenvalue weighted by atomic mass is 15.5. The third-order valence-electron chi connectivity index (χ3n) is 4.84. The van der Waals surface area contributed by atoms with Crippen molar-refractivity contribution in [1.29, 1.82) is 0 Å². The normalized spacial score (nSPS) is 18.4. The molecule has 0 spiro atoms. The first kappa shape index (κ1) is 16.1. The summed E-state index contributed by atoms with van der Waals surface area (Å²) in [6.45, 7) is 9.90. The monoisotopic (exact) mass is 313 g/mol. The van der Waals surface area contributed by atoms with Gasteiger partial charge in [0.05, 0.1) is 12.6 Å². The maximum atomic E-state index is 4.39. The minimum absolute atomic E-state index is 0.293. The quantitative estimate of drug-likeness (QED) is 0.851. The highest BCUT2D eigenvalue weighted by Gasteiger charge is 2.31. The molecule has 0 radical (unpaired) electrons. The van der Waals surface area contributed by atoms with Gasteiger partial charge in [0.2, 0.25) is 0 Å². The van der Waals surface area contributed by atoms with Crippen LogP contribution in [-0.4, -0.2) is 38.2 Å². The van der Waals surface area contributed by atoms with Gasteiger partial charge in [-0.25, -0.2) is 4.68 Å². The highest BCUT2D eigenvalue weighted by Crippen LogP contribution is 2.31. The van der Waals surface area contributed by atoms with Crippen LogP contribution >= 0.6 is 0 Å². The second-order valence-electron chi connectivity index (χ2n) is 7.09. The first-order valence-electron chi connectivity index (χ1n) is 8.69. The average molecular weight is 313 g/mol. The van der Waals surface area contributed by atoms with Gasteiger partial charge >= 0.3 is 0 Å². The Balaban J connectivity index is 1.82. The van der Waals surface area contributed by atoms with Crippen LogP contribution in [0.4, 0.5) is 0 Å². The fourth-order valence-corrected chi connectivity index (χ4v) is 3.48. The molecule has 1 aromatic heterocycles. The first-order valence-corrected chi connectivity index (χ1v) is 8.69. The molecule has 1 aliphatic rings. The Morgan fingerprint density at radius 3 is 2.48 bits per heavy atom. The van der Waals surface area contributed by atoms with Crippen molar-refractivity contribution in [3.8, 4) is 0 Å². The van der Waals surface area contributed by atoms with E-state index in [4.69, 9.17) is 0 Å². The second kappa shape index (κ2) is 7.21. The number of nitrogens with zero attached hydrogens (tertiary/aromatic N) is 5. The van der Waals surface area contributed by atoms with E-state index in [-0.39, 0.29) is 0 Å². The van der Waals surface area contributed by atoms with Gasteiger partial charge in [0.25, 0.3) is 0 Å². The molecule has 0 aliphatic carbocycles. The van der Waals surface area contributed by atoms with Crippen molar-refractivity contribution in [2.45, 2.75) is 46.2 Å². The van der Waals surface area contributed by atoms with Gasteiger partial charge in [-0.05, 0) is 53.8 Å². The van der Waals surface area contributed by atoms with Gasteiger partial charge in [-0.1, -0.05) is 51.1 Å². The van der Waals surface area contributed by atoms with E-state index in [1.54, 1.807) is 0 Å². The fourth-order valence-electron chi connectivity index (χ4n) is 3.48. The number of benzene rings is 1. The molecule has 5 heteroatoms. The molecule has 0 unspecified atom stereocenters. The van der Waals surface area contributed by atoms with Gasteiger partial charge in [-0.3, -0.25) is 4.90 Å². The van der Waals surface area contributed by atoms with Crippen molar-refractivity contribution >= 4 is 0 Å². The lowest BCUT2D eigenvalue weighted by Gasteiger charge is -2.37. The van der Waals surface area contributed by atoms with Crippen LogP contribution in [0.15, 0.2) is 30.3 Å². The van der Waals surface area contributed by atoms with E-state index in [9.17, 15) is 0 Å². The predicted molar refractivity (Wildman–Crippen MR) is 90.9 cm³/mol. The molecule has 1 aromatic carbocycles. The number of hydrogen-bond acceptors (Lipinski definition) is 4. The lowest BCUT2D eigenvalue weighted by molar-refractivity contribution is 0.0995. The Morgan fingerprint density at radius 2 is 1.83 bits per heavy atom. The molecular weight excluding hydrogens is 286 g/mol.